The third-order valence-corrected chi connectivity index (χ3v) is 4.46. The van der Waals surface area contributed by atoms with Crippen molar-refractivity contribution in [1.82, 2.24) is 10.1 Å². The molecule has 1 atom stereocenters. The molecule has 2 heterocycles. The molecule has 6 heteroatoms. The van der Waals surface area contributed by atoms with Gasteiger partial charge in [0, 0.05) is 12.6 Å². The number of hydrogen-bond donors (Lipinski definition) is 1. The van der Waals surface area contributed by atoms with E-state index >= 15 is 0 Å². The van der Waals surface area contributed by atoms with Crippen LogP contribution < -0.4 is 5.32 Å². The number of carbonyl (C=O) groups excluding carboxylic acids is 1. The van der Waals surface area contributed by atoms with Crippen molar-refractivity contribution in [2.24, 2.45) is 0 Å². The number of rotatable bonds is 3. The summed E-state index contributed by atoms with van der Waals surface area (Å²) in [5.41, 5.74) is 2.59. The molecular weight excluding hydrogens is 314 g/mol. The largest absolute Gasteiger partial charge is 0.359 e. The number of aryl methyl sites for hydroxylation is 2. The van der Waals surface area contributed by atoms with Crippen LogP contribution >= 0.6 is 11.6 Å². The predicted octanol–water partition coefficient (Wildman–Crippen LogP) is 4.57. The van der Waals surface area contributed by atoms with E-state index in [1.54, 1.807) is 4.90 Å². The van der Waals surface area contributed by atoms with E-state index in [9.17, 15) is 4.79 Å². The van der Waals surface area contributed by atoms with Gasteiger partial charge in [-0.15, -0.1) is 0 Å². The van der Waals surface area contributed by atoms with E-state index in [0.29, 0.717) is 17.3 Å². The highest BCUT2D eigenvalue weighted by Gasteiger charge is 2.33. The molecule has 1 aliphatic heterocycles. The first-order valence-electron chi connectivity index (χ1n) is 7.87. The molecule has 1 aromatic heterocycles. The highest BCUT2D eigenvalue weighted by Crippen LogP contribution is 2.33. The Morgan fingerprint density at radius 3 is 3.00 bits per heavy atom. The number of halogens is 1. The Hall–Kier alpha value is -2.01. The Morgan fingerprint density at radius 1 is 1.48 bits per heavy atom. The lowest BCUT2D eigenvalue weighted by Gasteiger charge is -2.23. The number of benzene rings is 1. The van der Waals surface area contributed by atoms with Crippen LogP contribution in [0.25, 0.3) is 0 Å². The smallest absolute Gasteiger partial charge is 0.322 e. The summed E-state index contributed by atoms with van der Waals surface area (Å²) in [6.07, 6.45) is 2.65. The molecule has 1 fully saturated rings. The van der Waals surface area contributed by atoms with Gasteiger partial charge in [-0.3, -0.25) is 0 Å². The fraction of sp³-hybridized carbons (Fsp3) is 0.412. The minimum absolute atomic E-state index is 0.0629. The lowest BCUT2D eigenvalue weighted by Crippen LogP contribution is -2.34. The molecule has 1 saturated heterocycles. The lowest BCUT2D eigenvalue weighted by molar-refractivity contribution is 0.195. The standard InChI is InChI=1S/C17H20ClN3O2/c1-3-12-10-16(23-20-12)15-5-4-8-21(15)17(22)19-14-7-6-11(2)9-13(14)18/h6-7,9-10,15H,3-5,8H2,1-2H3,(H,19,22). The van der Waals surface area contributed by atoms with Gasteiger partial charge in [-0.05, 0) is 43.9 Å². The number of anilines is 1. The molecule has 122 valence electrons. The molecule has 0 bridgehead atoms. The van der Waals surface area contributed by atoms with E-state index < -0.39 is 0 Å². The van der Waals surface area contributed by atoms with Gasteiger partial charge in [-0.25, -0.2) is 4.79 Å². The number of urea groups is 1. The van der Waals surface area contributed by atoms with Crippen molar-refractivity contribution in [2.75, 3.05) is 11.9 Å². The maximum atomic E-state index is 12.6. The lowest BCUT2D eigenvalue weighted by atomic mass is 10.1. The first-order chi connectivity index (χ1) is 11.1. The fourth-order valence-electron chi connectivity index (χ4n) is 2.87. The molecule has 2 aromatic rings. The Morgan fingerprint density at radius 2 is 2.30 bits per heavy atom. The van der Waals surface area contributed by atoms with Crippen LogP contribution in [-0.4, -0.2) is 22.6 Å². The molecule has 0 aliphatic carbocycles. The number of hydrogen-bond acceptors (Lipinski definition) is 3. The van der Waals surface area contributed by atoms with Crippen LogP contribution in [0.1, 0.15) is 42.8 Å². The van der Waals surface area contributed by atoms with Crippen molar-refractivity contribution < 1.29 is 9.32 Å². The molecular formula is C17H20ClN3O2. The van der Waals surface area contributed by atoms with E-state index in [-0.39, 0.29) is 12.1 Å². The van der Waals surface area contributed by atoms with Crippen LogP contribution in [0, 0.1) is 6.92 Å². The van der Waals surface area contributed by atoms with E-state index in [0.717, 1.165) is 36.3 Å². The maximum absolute atomic E-state index is 12.6. The number of nitrogens with zero attached hydrogens (tertiary/aromatic N) is 2. The monoisotopic (exact) mass is 333 g/mol. The summed E-state index contributed by atoms with van der Waals surface area (Å²) in [6.45, 7) is 4.69. The zero-order valence-electron chi connectivity index (χ0n) is 13.3. The third kappa shape index (κ3) is 3.34. The van der Waals surface area contributed by atoms with Crippen molar-refractivity contribution in [1.29, 1.82) is 0 Å². The maximum Gasteiger partial charge on any atom is 0.322 e. The molecule has 1 N–H and O–H groups in total. The number of aromatic nitrogens is 1. The Kier molecular flexibility index (Phi) is 4.57. The Balaban J connectivity index is 1.75. The molecule has 5 nitrogen and oxygen atoms in total. The van der Waals surface area contributed by atoms with Crippen LogP contribution in [0.3, 0.4) is 0 Å². The number of likely N-dealkylation sites (tertiary alicyclic amines) is 1. The van der Waals surface area contributed by atoms with Gasteiger partial charge in [0.2, 0.25) is 0 Å². The second-order valence-electron chi connectivity index (χ2n) is 5.84. The summed E-state index contributed by atoms with van der Waals surface area (Å²) in [5.74, 6) is 0.754. The molecule has 23 heavy (non-hydrogen) atoms. The molecule has 0 radical (unpaired) electrons. The molecule has 1 unspecified atom stereocenters. The minimum Gasteiger partial charge on any atom is -0.359 e. The number of carbonyl (C=O) groups is 1. The van der Waals surface area contributed by atoms with Crippen molar-refractivity contribution in [3.63, 3.8) is 0 Å². The summed E-state index contributed by atoms with van der Waals surface area (Å²) in [6, 6.07) is 7.30. The van der Waals surface area contributed by atoms with Crippen molar-refractivity contribution in [3.05, 3.63) is 46.3 Å². The van der Waals surface area contributed by atoms with Crippen molar-refractivity contribution in [2.45, 2.75) is 39.2 Å². The van der Waals surface area contributed by atoms with Crippen LogP contribution in [0.2, 0.25) is 5.02 Å². The second kappa shape index (κ2) is 6.62. The minimum atomic E-state index is -0.160. The summed E-state index contributed by atoms with van der Waals surface area (Å²) in [4.78, 5) is 14.4. The highest BCUT2D eigenvalue weighted by atomic mass is 35.5. The van der Waals surface area contributed by atoms with Gasteiger partial charge in [-0.2, -0.15) is 0 Å². The topological polar surface area (TPSA) is 58.4 Å². The van der Waals surface area contributed by atoms with Gasteiger partial charge in [0.25, 0.3) is 0 Å². The Labute approximate surface area is 140 Å². The number of amides is 2. The molecule has 0 spiro atoms. The summed E-state index contributed by atoms with van der Waals surface area (Å²) < 4.78 is 5.41. The molecule has 1 aliphatic rings. The summed E-state index contributed by atoms with van der Waals surface area (Å²) >= 11 is 6.19. The molecule has 0 saturated carbocycles. The van der Waals surface area contributed by atoms with Crippen LogP contribution in [-0.2, 0) is 6.42 Å². The molecule has 3 rings (SSSR count). The molecule has 1 aromatic carbocycles. The zero-order chi connectivity index (χ0) is 16.4. The fourth-order valence-corrected chi connectivity index (χ4v) is 3.15. The van der Waals surface area contributed by atoms with E-state index in [1.807, 2.05) is 38.1 Å². The van der Waals surface area contributed by atoms with E-state index in [1.165, 1.54) is 0 Å². The highest BCUT2D eigenvalue weighted by molar-refractivity contribution is 6.33. The predicted molar refractivity (Wildman–Crippen MR) is 89.8 cm³/mol. The van der Waals surface area contributed by atoms with Gasteiger partial charge < -0.3 is 14.7 Å². The van der Waals surface area contributed by atoms with Gasteiger partial charge >= 0.3 is 6.03 Å². The quantitative estimate of drug-likeness (QED) is 0.895. The molecule has 2 amide bonds. The summed E-state index contributed by atoms with van der Waals surface area (Å²) in [7, 11) is 0. The van der Waals surface area contributed by atoms with Crippen LogP contribution in [0.4, 0.5) is 10.5 Å². The number of nitrogens with one attached hydrogen (secondary N) is 1. The van der Waals surface area contributed by atoms with E-state index in [2.05, 4.69) is 10.5 Å². The average molecular weight is 334 g/mol. The normalized spacial score (nSPS) is 17.5. The van der Waals surface area contributed by atoms with Gasteiger partial charge in [-0.1, -0.05) is 29.7 Å². The zero-order valence-corrected chi connectivity index (χ0v) is 14.1. The average Bonchev–Trinajstić information content (AvgIpc) is 3.17. The Bertz CT molecular complexity index is 714. The van der Waals surface area contributed by atoms with Gasteiger partial charge in [0.05, 0.1) is 22.4 Å². The first kappa shape index (κ1) is 15.9. The SMILES string of the molecule is CCc1cc(C2CCCN2C(=O)Nc2ccc(C)cc2Cl)on1. The van der Waals surface area contributed by atoms with Crippen LogP contribution in [0.5, 0.6) is 0 Å². The van der Waals surface area contributed by atoms with Crippen LogP contribution in [0.15, 0.2) is 28.8 Å². The van der Waals surface area contributed by atoms with Gasteiger partial charge in [0.15, 0.2) is 5.76 Å². The first-order valence-corrected chi connectivity index (χ1v) is 8.25. The van der Waals surface area contributed by atoms with E-state index in [4.69, 9.17) is 16.1 Å². The van der Waals surface area contributed by atoms with Crippen molar-refractivity contribution in [3.8, 4) is 0 Å². The second-order valence-corrected chi connectivity index (χ2v) is 6.25. The van der Waals surface area contributed by atoms with Crippen molar-refractivity contribution >= 4 is 23.3 Å². The summed E-state index contributed by atoms with van der Waals surface area (Å²) in [5, 5.41) is 7.46. The van der Waals surface area contributed by atoms with Gasteiger partial charge in [0.1, 0.15) is 0 Å². The third-order valence-electron chi connectivity index (χ3n) is 4.15.